The number of para-hydroxylation sites is 4. The van der Waals surface area contributed by atoms with Crippen molar-refractivity contribution in [3.63, 3.8) is 0 Å². The molecule has 2 N–H and O–H groups in total. The molecule has 0 bridgehead atoms. The summed E-state index contributed by atoms with van der Waals surface area (Å²) in [6.45, 7) is 0. The van der Waals surface area contributed by atoms with E-state index in [1.165, 1.54) is 43.6 Å². The van der Waals surface area contributed by atoms with Gasteiger partial charge in [0, 0.05) is 38.6 Å². The van der Waals surface area contributed by atoms with Crippen molar-refractivity contribution in [1.29, 1.82) is 0 Å². The highest BCUT2D eigenvalue weighted by molar-refractivity contribution is 6.09. The molecule has 0 radical (unpaired) electrons. The van der Waals surface area contributed by atoms with Crippen LogP contribution < -0.4 is 0 Å². The number of H-pyrrole nitrogens is 2. The van der Waals surface area contributed by atoms with Crippen LogP contribution in [-0.4, -0.2) is 19.7 Å². The topological polar surface area (TPSA) is 49.4 Å². The highest BCUT2D eigenvalue weighted by atomic mass is 15.2. The lowest BCUT2D eigenvalue weighted by Crippen LogP contribution is -1.93. The first-order valence-electron chi connectivity index (χ1n) is 10.3. The number of rotatable bonds is 1. The van der Waals surface area contributed by atoms with Gasteiger partial charge in [0.2, 0.25) is 0 Å². The molecule has 0 atom stereocenters. The van der Waals surface area contributed by atoms with Crippen molar-refractivity contribution in [1.82, 2.24) is 19.7 Å². The summed E-state index contributed by atoms with van der Waals surface area (Å²) in [5.74, 6) is 0.993. The number of nitrogens with zero attached hydrogens (tertiary/aromatic N) is 2. The van der Waals surface area contributed by atoms with Crippen LogP contribution in [0.4, 0.5) is 0 Å². The molecule has 4 aromatic carbocycles. The Hall–Kier alpha value is -4.31. The van der Waals surface area contributed by atoms with Crippen molar-refractivity contribution >= 4 is 43.6 Å². The molecule has 0 fully saturated rings. The summed E-state index contributed by atoms with van der Waals surface area (Å²) in [6.07, 6.45) is 1.78. The van der Waals surface area contributed by atoms with Gasteiger partial charge in [-0.25, -0.2) is 0 Å². The van der Waals surface area contributed by atoms with E-state index >= 15 is 0 Å². The Morgan fingerprint density at radius 3 is 1.52 bits per heavy atom. The maximum atomic E-state index is 4.05. The molecule has 148 valence electrons. The third-order valence-electron chi connectivity index (χ3n) is 5.72. The van der Waals surface area contributed by atoms with Crippen molar-refractivity contribution in [2.75, 3.05) is 0 Å². The predicted octanol–water partition coefficient (Wildman–Crippen LogP) is 6.83. The quantitative estimate of drug-likeness (QED) is 0.312. The van der Waals surface area contributed by atoms with Crippen LogP contribution in [0.2, 0.25) is 0 Å². The third kappa shape index (κ3) is 2.89. The van der Waals surface area contributed by atoms with Gasteiger partial charge >= 0.3 is 0 Å². The molecule has 0 aliphatic rings. The average molecular weight is 400 g/mol. The Bertz CT molecular complexity index is 1530. The van der Waals surface area contributed by atoms with E-state index in [0.29, 0.717) is 0 Å². The van der Waals surface area contributed by atoms with Crippen molar-refractivity contribution in [2.24, 2.45) is 0 Å². The zero-order valence-electron chi connectivity index (χ0n) is 16.8. The lowest BCUT2D eigenvalue weighted by Gasteiger charge is -2.03. The van der Waals surface area contributed by atoms with Gasteiger partial charge in [-0.15, -0.1) is 0 Å². The molecule has 7 rings (SSSR count). The first-order chi connectivity index (χ1) is 15.4. The first-order valence-corrected chi connectivity index (χ1v) is 10.3. The van der Waals surface area contributed by atoms with Crippen LogP contribution >= 0.6 is 0 Å². The Morgan fingerprint density at radius 2 is 1.00 bits per heavy atom. The molecule has 7 aromatic rings. The van der Waals surface area contributed by atoms with E-state index in [9.17, 15) is 0 Å². The van der Waals surface area contributed by atoms with Crippen molar-refractivity contribution in [3.05, 3.63) is 109 Å². The minimum Gasteiger partial charge on any atom is -0.355 e. The molecule has 0 aliphatic heterocycles. The number of hydrogen-bond acceptors (Lipinski definition) is 1. The first kappa shape index (κ1) is 17.5. The van der Waals surface area contributed by atoms with E-state index in [0.717, 1.165) is 5.82 Å². The van der Waals surface area contributed by atoms with E-state index in [1.54, 1.807) is 6.20 Å². The Balaban J connectivity index is 0.000000126. The molecule has 0 saturated heterocycles. The van der Waals surface area contributed by atoms with Crippen LogP contribution in [0, 0.1) is 0 Å². The summed E-state index contributed by atoms with van der Waals surface area (Å²) in [6, 6.07) is 35.6. The highest BCUT2D eigenvalue weighted by Crippen LogP contribution is 2.30. The number of aromatic amines is 2. The van der Waals surface area contributed by atoms with Crippen molar-refractivity contribution in [2.45, 2.75) is 0 Å². The van der Waals surface area contributed by atoms with E-state index in [1.807, 2.05) is 6.07 Å². The number of benzene rings is 4. The SMILES string of the molecule is c1ccc2c(c1)[nH]c1ccccc12.c1ccc2c(c1)c1ccccc1n2-c1ccn[nH]1. The average Bonchev–Trinajstić information content (AvgIpc) is 3.55. The molecule has 0 aliphatic carbocycles. The maximum Gasteiger partial charge on any atom is 0.133 e. The van der Waals surface area contributed by atoms with Gasteiger partial charge in [-0.1, -0.05) is 72.8 Å². The summed E-state index contributed by atoms with van der Waals surface area (Å²) in [5, 5.41) is 12.2. The van der Waals surface area contributed by atoms with E-state index in [4.69, 9.17) is 0 Å². The van der Waals surface area contributed by atoms with Crippen molar-refractivity contribution in [3.8, 4) is 5.82 Å². The minimum atomic E-state index is 0.993. The monoisotopic (exact) mass is 400 g/mol. The largest absolute Gasteiger partial charge is 0.355 e. The molecule has 0 amide bonds. The zero-order valence-corrected chi connectivity index (χ0v) is 16.8. The number of nitrogens with one attached hydrogen (secondary N) is 2. The molecule has 0 spiro atoms. The summed E-state index contributed by atoms with van der Waals surface area (Å²) in [5.41, 5.74) is 4.82. The number of hydrogen-bond donors (Lipinski definition) is 2. The van der Waals surface area contributed by atoms with Gasteiger partial charge in [0.1, 0.15) is 5.82 Å². The fourth-order valence-corrected chi connectivity index (χ4v) is 4.35. The standard InChI is InChI=1S/C15H11N3.C12H9N/c1-3-7-13-11(5-1)12-6-2-4-8-14(12)18(13)15-9-10-16-17-15;1-3-7-11-9(5-1)10-6-2-4-8-12(10)13-11/h1-10H,(H,16,17);1-8,13H. The lowest BCUT2D eigenvalue weighted by atomic mass is 10.2. The predicted molar refractivity (Wildman–Crippen MR) is 129 cm³/mol. The van der Waals surface area contributed by atoms with Gasteiger partial charge < -0.3 is 4.98 Å². The van der Waals surface area contributed by atoms with Gasteiger partial charge in [-0.3, -0.25) is 9.67 Å². The normalized spacial score (nSPS) is 11.2. The molecule has 4 heteroatoms. The van der Waals surface area contributed by atoms with E-state index in [2.05, 4.69) is 117 Å². The zero-order chi connectivity index (χ0) is 20.6. The summed E-state index contributed by atoms with van der Waals surface area (Å²) >= 11 is 0. The van der Waals surface area contributed by atoms with Gasteiger partial charge in [0.05, 0.1) is 17.2 Å². The van der Waals surface area contributed by atoms with E-state index < -0.39 is 0 Å². The molecule has 31 heavy (non-hydrogen) atoms. The van der Waals surface area contributed by atoms with Gasteiger partial charge in [-0.2, -0.15) is 5.10 Å². The molecule has 0 unspecified atom stereocenters. The number of aromatic nitrogens is 4. The van der Waals surface area contributed by atoms with Crippen LogP contribution in [0.1, 0.15) is 0 Å². The molecule has 3 heterocycles. The number of fused-ring (bicyclic) bond motifs is 6. The van der Waals surface area contributed by atoms with Crippen LogP contribution in [-0.2, 0) is 0 Å². The second-order valence-electron chi connectivity index (χ2n) is 7.53. The van der Waals surface area contributed by atoms with Crippen molar-refractivity contribution < 1.29 is 0 Å². The molecule has 4 nitrogen and oxygen atoms in total. The second kappa shape index (κ2) is 7.18. The maximum absolute atomic E-state index is 4.05. The lowest BCUT2D eigenvalue weighted by molar-refractivity contribution is 1.01. The minimum absolute atomic E-state index is 0.993. The van der Waals surface area contributed by atoms with E-state index in [-0.39, 0.29) is 0 Å². The molecular weight excluding hydrogens is 380 g/mol. The summed E-state index contributed by atoms with van der Waals surface area (Å²) in [4.78, 5) is 3.38. The second-order valence-corrected chi connectivity index (χ2v) is 7.53. The third-order valence-corrected chi connectivity index (χ3v) is 5.72. The Morgan fingerprint density at radius 1 is 0.516 bits per heavy atom. The fraction of sp³-hybridized carbons (Fsp3) is 0. The fourth-order valence-electron chi connectivity index (χ4n) is 4.35. The van der Waals surface area contributed by atoms with Gasteiger partial charge in [0.25, 0.3) is 0 Å². The Labute approximate surface area is 178 Å². The van der Waals surface area contributed by atoms with Gasteiger partial charge in [-0.05, 0) is 24.3 Å². The summed E-state index contributed by atoms with van der Waals surface area (Å²) < 4.78 is 2.21. The van der Waals surface area contributed by atoms with Crippen LogP contribution in [0.3, 0.4) is 0 Å². The Kier molecular flexibility index (Phi) is 4.06. The molecular formula is C27H20N4. The highest BCUT2D eigenvalue weighted by Gasteiger charge is 2.11. The van der Waals surface area contributed by atoms with Crippen LogP contribution in [0.25, 0.3) is 49.4 Å². The van der Waals surface area contributed by atoms with Crippen LogP contribution in [0.15, 0.2) is 109 Å². The van der Waals surface area contributed by atoms with Crippen LogP contribution in [0.5, 0.6) is 0 Å². The summed E-state index contributed by atoms with van der Waals surface area (Å²) in [7, 11) is 0. The molecule has 3 aromatic heterocycles. The van der Waals surface area contributed by atoms with Gasteiger partial charge in [0.15, 0.2) is 0 Å². The smallest absolute Gasteiger partial charge is 0.133 e. The molecule has 0 saturated carbocycles.